The van der Waals surface area contributed by atoms with Gasteiger partial charge in [0.25, 0.3) is 0 Å². The molecule has 0 atom stereocenters. The maximum Gasteiger partial charge on any atom is 0.227 e. The molecular formula is C19H18ClN3O2. The van der Waals surface area contributed by atoms with Crippen LogP contribution in [0.15, 0.2) is 42.5 Å². The normalized spacial score (nSPS) is 14.8. The van der Waals surface area contributed by atoms with Crippen molar-refractivity contribution in [1.82, 2.24) is 0 Å². The molecule has 5 nitrogen and oxygen atoms in total. The largest absolute Gasteiger partial charge is 0.506 e. The molecule has 128 valence electrons. The maximum atomic E-state index is 12.4. The average molecular weight is 356 g/mol. The SMILES string of the molecule is N#Cc1cc(Cl)ccc1N1CCC(C(=O)Nc2ccccc2O)CC1. The monoisotopic (exact) mass is 355 g/mol. The van der Waals surface area contributed by atoms with Gasteiger partial charge >= 0.3 is 0 Å². The summed E-state index contributed by atoms with van der Waals surface area (Å²) in [5.74, 6) is -0.139. The van der Waals surface area contributed by atoms with Crippen molar-refractivity contribution in [3.05, 3.63) is 53.1 Å². The van der Waals surface area contributed by atoms with Crippen molar-refractivity contribution in [2.24, 2.45) is 5.92 Å². The summed E-state index contributed by atoms with van der Waals surface area (Å²) in [6.45, 7) is 1.38. The van der Waals surface area contributed by atoms with Crippen molar-refractivity contribution in [2.45, 2.75) is 12.8 Å². The smallest absolute Gasteiger partial charge is 0.227 e. The lowest BCUT2D eigenvalue weighted by molar-refractivity contribution is -0.120. The number of para-hydroxylation sites is 2. The molecule has 1 heterocycles. The molecule has 0 unspecified atom stereocenters. The van der Waals surface area contributed by atoms with Gasteiger partial charge in [-0.3, -0.25) is 4.79 Å². The second-order valence-electron chi connectivity index (χ2n) is 6.04. The number of phenolic OH excluding ortho intramolecular Hbond substituents is 1. The van der Waals surface area contributed by atoms with Gasteiger partial charge in [0, 0.05) is 24.0 Å². The molecule has 25 heavy (non-hydrogen) atoms. The summed E-state index contributed by atoms with van der Waals surface area (Å²) in [5, 5.41) is 22.4. The third kappa shape index (κ3) is 3.86. The summed E-state index contributed by atoms with van der Waals surface area (Å²) < 4.78 is 0. The predicted molar refractivity (Wildman–Crippen MR) is 97.8 cm³/mol. The Morgan fingerprint density at radius 3 is 2.64 bits per heavy atom. The molecule has 0 bridgehead atoms. The van der Waals surface area contributed by atoms with Crippen LogP contribution in [0, 0.1) is 17.2 Å². The molecule has 2 aromatic carbocycles. The van der Waals surface area contributed by atoms with Crippen molar-refractivity contribution >= 4 is 28.9 Å². The minimum Gasteiger partial charge on any atom is -0.506 e. The Morgan fingerprint density at radius 2 is 1.96 bits per heavy atom. The number of carbonyl (C=O) groups excluding carboxylic acids is 1. The zero-order chi connectivity index (χ0) is 17.8. The Bertz CT molecular complexity index is 824. The highest BCUT2D eigenvalue weighted by Crippen LogP contribution is 2.29. The molecule has 0 aromatic heterocycles. The molecule has 1 aliphatic heterocycles. The second-order valence-corrected chi connectivity index (χ2v) is 6.48. The van der Waals surface area contributed by atoms with Crippen molar-refractivity contribution < 1.29 is 9.90 Å². The van der Waals surface area contributed by atoms with Crippen LogP contribution in [0.1, 0.15) is 18.4 Å². The molecule has 0 saturated carbocycles. The second kappa shape index (κ2) is 7.45. The standard InChI is InChI=1S/C19H18ClN3O2/c20-15-5-6-17(14(11-15)12-21)23-9-7-13(8-10-23)19(25)22-16-3-1-2-4-18(16)24/h1-6,11,13,24H,7-10H2,(H,22,25). The number of rotatable bonds is 3. The van der Waals surface area contributed by atoms with Gasteiger partial charge in [0.15, 0.2) is 0 Å². The van der Waals surface area contributed by atoms with Gasteiger partial charge in [0.05, 0.1) is 16.9 Å². The van der Waals surface area contributed by atoms with Crippen molar-refractivity contribution in [2.75, 3.05) is 23.3 Å². The van der Waals surface area contributed by atoms with E-state index in [4.69, 9.17) is 11.6 Å². The van der Waals surface area contributed by atoms with Crippen molar-refractivity contribution in [3.63, 3.8) is 0 Å². The summed E-state index contributed by atoms with van der Waals surface area (Å²) >= 11 is 5.95. The lowest BCUT2D eigenvalue weighted by atomic mass is 9.95. The molecule has 0 spiro atoms. The number of carbonyl (C=O) groups is 1. The average Bonchev–Trinajstić information content (AvgIpc) is 2.63. The van der Waals surface area contributed by atoms with Crippen LogP contribution < -0.4 is 10.2 Å². The fraction of sp³-hybridized carbons (Fsp3) is 0.263. The third-order valence-corrected chi connectivity index (χ3v) is 4.68. The number of nitrogens with one attached hydrogen (secondary N) is 1. The number of nitriles is 1. The highest BCUT2D eigenvalue weighted by Gasteiger charge is 2.26. The van der Waals surface area contributed by atoms with Gasteiger partial charge in [-0.15, -0.1) is 0 Å². The van der Waals surface area contributed by atoms with E-state index in [0.717, 1.165) is 5.69 Å². The first-order valence-corrected chi connectivity index (χ1v) is 8.49. The van der Waals surface area contributed by atoms with E-state index in [0.29, 0.717) is 42.2 Å². The summed E-state index contributed by atoms with van der Waals surface area (Å²) in [5.41, 5.74) is 1.83. The minimum atomic E-state index is -0.117. The molecule has 0 aliphatic carbocycles. The topological polar surface area (TPSA) is 76.4 Å². The molecule has 2 aromatic rings. The Morgan fingerprint density at radius 1 is 1.24 bits per heavy atom. The zero-order valence-electron chi connectivity index (χ0n) is 13.6. The third-order valence-electron chi connectivity index (χ3n) is 4.45. The number of hydrogen-bond donors (Lipinski definition) is 2. The molecule has 0 radical (unpaired) electrons. The number of amides is 1. The highest BCUT2D eigenvalue weighted by molar-refractivity contribution is 6.30. The Balaban J connectivity index is 1.63. The summed E-state index contributed by atoms with van der Waals surface area (Å²) in [6.07, 6.45) is 1.37. The van der Waals surface area contributed by atoms with E-state index in [1.54, 1.807) is 36.4 Å². The number of piperidine rings is 1. The summed E-state index contributed by atoms with van der Waals surface area (Å²) in [4.78, 5) is 14.5. The molecule has 1 fully saturated rings. The first-order chi connectivity index (χ1) is 12.1. The van der Waals surface area contributed by atoms with E-state index in [2.05, 4.69) is 16.3 Å². The number of anilines is 2. The fourth-order valence-corrected chi connectivity index (χ4v) is 3.24. The maximum absolute atomic E-state index is 12.4. The molecule has 1 saturated heterocycles. The zero-order valence-corrected chi connectivity index (χ0v) is 14.3. The molecule has 1 amide bonds. The van der Waals surface area contributed by atoms with Gasteiger partial charge in [-0.2, -0.15) is 5.26 Å². The van der Waals surface area contributed by atoms with E-state index in [1.165, 1.54) is 0 Å². The van der Waals surface area contributed by atoms with Gasteiger partial charge < -0.3 is 15.3 Å². The van der Waals surface area contributed by atoms with E-state index in [-0.39, 0.29) is 17.6 Å². The van der Waals surface area contributed by atoms with Crippen LogP contribution in [-0.2, 0) is 4.79 Å². The number of phenols is 1. The molecule has 1 aliphatic rings. The van der Waals surface area contributed by atoms with Crippen LogP contribution in [0.4, 0.5) is 11.4 Å². The summed E-state index contributed by atoms with van der Waals surface area (Å²) in [7, 11) is 0. The Kier molecular flexibility index (Phi) is 5.11. The van der Waals surface area contributed by atoms with Crippen LogP contribution >= 0.6 is 11.6 Å². The number of aromatic hydroxyl groups is 1. The van der Waals surface area contributed by atoms with Gasteiger partial charge in [0.2, 0.25) is 5.91 Å². The van der Waals surface area contributed by atoms with Crippen molar-refractivity contribution in [1.29, 1.82) is 5.26 Å². The van der Waals surface area contributed by atoms with E-state index < -0.39 is 0 Å². The quantitative estimate of drug-likeness (QED) is 0.821. The van der Waals surface area contributed by atoms with Gasteiger partial charge in [-0.25, -0.2) is 0 Å². The summed E-state index contributed by atoms with van der Waals surface area (Å²) in [6, 6.07) is 14.2. The van der Waals surface area contributed by atoms with Crippen LogP contribution in [0.3, 0.4) is 0 Å². The lowest BCUT2D eigenvalue weighted by Gasteiger charge is -2.33. The fourth-order valence-electron chi connectivity index (χ4n) is 3.07. The Labute approximate surface area is 151 Å². The van der Waals surface area contributed by atoms with E-state index in [9.17, 15) is 15.2 Å². The molecule has 6 heteroatoms. The molecular weight excluding hydrogens is 338 g/mol. The predicted octanol–water partition coefficient (Wildman–Crippen LogP) is 3.77. The van der Waals surface area contributed by atoms with Crippen molar-refractivity contribution in [3.8, 4) is 11.8 Å². The first-order valence-electron chi connectivity index (χ1n) is 8.12. The van der Waals surface area contributed by atoms with Gasteiger partial charge in [-0.05, 0) is 43.2 Å². The van der Waals surface area contributed by atoms with E-state index in [1.807, 2.05) is 6.07 Å². The Hall–Kier alpha value is -2.71. The number of benzene rings is 2. The number of nitrogens with zero attached hydrogens (tertiary/aromatic N) is 2. The van der Waals surface area contributed by atoms with Crippen LogP contribution in [0.25, 0.3) is 0 Å². The van der Waals surface area contributed by atoms with Gasteiger partial charge in [0.1, 0.15) is 11.8 Å². The molecule has 3 rings (SSSR count). The minimum absolute atomic E-state index is 0.0631. The number of hydrogen-bond acceptors (Lipinski definition) is 4. The first kappa shape index (κ1) is 17.1. The van der Waals surface area contributed by atoms with Crippen LogP contribution in [-0.4, -0.2) is 24.1 Å². The van der Waals surface area contributed by atoms with Crippen LogP contribution in [0.2, 0.25) is 5.02 Å². The van der Waals surface area contributed by atoms with E-state index >= 15 is 0 Å². The van der Waals surface area contributed by atoms with Crippen LogP contribution in [0.5, 0.6) is 5.75 Å². The number of halogens is 1. The molecule has 2 N–H and O–H groups in total. The van der Waals surface area contributed by atoms with Gasteiger partial charge in [-0.1, -0.05) is 23.7 Å². The lowest BCUT2D eigenvalue weighted by Crippen LogP contribution is -2.38. The highest BCUT2D eigenvalue weighted by atomic mass is 35.5.